The van der Waals surface area contributed by atoms with Crippen molar-refractivity contribution in [2.75, 3.05) is 19.6 Å². The van der Waals surface area contributed by atoms with Gasteiger partial charge in [-0.1, -0.05) is 18.2 Å². The number of carbonyl (C=O) groups excluding carboxylic acids is 2. The fourth-order valence-electron chi connectivity index (χ4n) is 3.40. The molecule has 0 aliphatic carbocycles. The van der Waals surface area contributed by atoms with Crippen molar-refractivity contribution in [1.29, 1.82) is 0 Å². The van der Waals surface area contributed by atoms with Gasteiger partial charge in [0, 0.05) is 36.6 Å². The highest BCUT2D eigenvalue weighted by Crippen LogP contribution is 2.24. The van der Waals surface area contributed by atoms with Crippen molar-refractivity contribution in [3.05, 3.63) is 36.0 Å². The lowest BCUT2D eigenvalue weighted by Crippen LogP contribution is -2.60. The Morgan fingerprint density at radius 3 is 2.64 bits per heavy atom. The smallest absolute Gasteiger partial charge is 0.411 e. The summed E-state index contributed by atoms with van der Waals surface area (Å²) >= 11 is 0. The lowest BCUT2D eigenvalue weighted by molar-refractivity contribution is -0.149. The van der Waals surface area contributed by atoms with Crippen LogP contribution in [0.15, 0.2) is 30.5 Å². The maximum atomic E-state index is 13.0. The lowest BCUT2D eigenvalue weighted by Gasteiger charge is -2.40. The van der Waals surface area contributed by atoms with E-state index in [-0.39, 0.29) is 32.0 Å². The largest absolute Gasteiger partial charge is 0.480 e. The van der Waals surface area contributed by atoms with Crippen molar-refractivity contribution in [3.63, 3.8) is 0 Å². The molecule has 1 aromatic carbocycles. The zero-order valence-corrected chi connectivity index (χ0v) is 16.3. The molecule has 150 valence electrons. The lowest BCUT2D eigenvalue weighted by atomic mass is 10.0. The van der Waals surface area contributed by atoms with Crippen LogP contribution in [0.4, 0.5) is 4.79 Å². The molecule has 8 heteroatoms. The number of carboxylic acids is 1. The SMILES string of the molecule is CC(C)(C)OC(=O)N1CCN(CC(=O)O)C(=O)[C@H]1Cc1c[nH]c2ccccc12. The van der Waals surface area contributed by atoms with E-state index in [1.165, 1.54) is 9.80 Å². The fraction of sp³-hybridized carbons (Fsp3) is 0.450. The van der Waals surface area contributed by atoms with Crippen LogP contribution in [-0.4, -0.2) is 69.1 Å². The number of hydrogen-bond acceptors (Lipinski definition) is 4. The van der Waals surface area contributed by atoms with Crippen molar-refractivity contribution in [2.45, 2.75) is 38.8 Å². The number of carbonyl (C=O) groups is 3. The summed E-state index contributed by atoms with van der Waals surface area (Å²) in [4.78, 5) is 42.7. The molecule has 0 radical (unpaired) electrons. The maximum Gasteiger partial charge on any atom is 0.411 e. The van der Waals surface area contributed by atoms with Crippen molar-refractivity contribution in [2.24, 2.45) is 0 Å². The van der Waals surface area contributed by atoms with Crippen LogP contribution in [0.2, 0.25) is 0 Å². The number of hydrogen-bond donors (Lipinski definition) is 2. The summed E-state index contributed by atoms with van der Waals surface area (Å²) in [5.74, 6) is -1.46. The molecular weight excluding hydrogens is 362 g/mol. The molecule has 0 saturated carbocycles. The molecule has 1 aliphatic heterocycles. The minimum atomic E-state index is -1.08. The van der Waals surface area contributed by atoms with Crippen molar-refractivity contribution >= 4 is 28.9 Å². The highest BCUT2D eigenvalue weighted by molar-refractivity contribution is 5.91. The Kier molecular flexibility index (Phi) is 5.31. The average Bonchev–Trinajstić information content (AvgIpc) is 2.99. The Balaban J connectivity index is 1.90. The number of nitrogens with one attached hydrogen (secondary N) is 1. The first-order chi connectivity index (χ1) is 13.2. The molecule has 1 saturated heterocycles. The molecule has 1 fully saturated rings. The number of rotatable bonds is 4. The molecule has 1 aliphatic rings. The van der Waals surface area contributed by atoms with Gasteiger partial charge in [-0.15, -0.1) is 0 Å². The minimum absolute atomic E-state index is 0.161. The van der Waals surface area contributed by atoms with E-state index in [1.54, 1.807) is 20.8 Å². The van der Waals surface area contributed by atoms with E-state index in [0.29, 0.717) is 0 Å². The number of carboxylic acid groups (broad SMARTS) is 1. The Morgan fingerprint density at radius 1 is 1.25 bits per heavy atom. The summed E-state index contributed by atoms with van der Waals surface area (Å²) < 4.78 is 5.47. The molecule has 1 atom stereocenters. The number of H-pyrrole nitrogens is 1. The number of amides is 2. The number of nitrogens with zero attached hydrogens (tertiary/aromatic N) is 2. The fourth-order valence-corrected chi connectivity index (χ4v) is 3.40. The van der Waals surface area contributed by atoms with Crippen molar-refractivity contribution < 1.29 is 24.2 Å². The molecule has 0 unspecified atom stereocenters. The molecule has 3 rings (SSSR count). The number of aromatic nitrogens is 1. The van der Waals surface area contributed by atoms with Crippen molar-refractivity contribution in [1.82, 2.24) is 14.8 Å². The van der Waals surface area contributed by atoms with Crippen LogP contribution in [0.5, 0.6) is 0 Å². The molecular formula is C20H25N3O5. The predicted molar refractivity (Wildman–Crippen MR) is 103 cm³/mol. The van der Waals surface area contributed by atoms with Gasteiger partial charge in [0.25, 0.3) is 0 Å². The van der Waals surface area contributed by atoms with E-state index < -0.39 is 23.7 Å². The first-order valence-electron chi connectivity index (χ1n) is 9.21. The first kappa shape index (κ1) is 19.7. The Labute approximate surface area is 163 Å². The van der Waals surface area contributed by atoms with Gasteiger partial charge in [0.2, 0.25) is 5.91 Å². The topological polar surface area (TPSA) is 103 Å². The summed E-state index contributed by atoms with van der Waals surface area (Å²) in [6.45, 7) is 5.30. The number of aliphatic carboxylic acids is 1. The van der Waals surface area contributed by atoms with E-state index in [9.17, 15) is 14.4 Å². The first-order valence-corrected chi connectivity index (χ1v) is 9.21. The highest BCUT2D eigenvalue weighted by Gasteiger charge is 2.40. The van der Waals surface area contributed by atoms with Crippen molar-refractivity contribution in [3.8, 4) is 0 Å². The van der Waals surface area contributed by atoms with Crippen LogP contribution in [-0.2, 0) is 20.7 Å². The van der Waals surface area contributed by atoms with Crippen LogP contribution in [0.1, 0.15) is 26.3 Å². The van der Waals surface area contributed by atoms with E-state index in [1.807, 2.05) is 30.5 Å². The molecule has 2 N–H and O–H groups in total. The van der Waals surface area contributed by atoms with Gasteiger partial charge in [0.1, 0.15) is 18.2 Å². The molecule has 8 nitrogen and oxygen atoms in total. The monoisotopic (exact) mass is 387 g/mol. The molecule has 1 aromatic heterocycles. The molecule has 0 bridgehead atoms. The Hall–Kier alpha value is -3.03. The predicted octanol–water partition coefficient (Wildman–Crippen LogP) is 2.24. The van der Waals surface area contributed by atoms with Crippen LogP contribution in [0.3, 0.4) is 0 Å². The molecule has 0 spiro atoms. The van der Waals surface area contributed by atoms with Gasteiger partial charge < -0.3 is 19.7 Å². The van der Waals surface area contributed by atoms with Crippen LogP contribution >= 0.6 is 0 Å². The summed E-state index contributed by atoms with van der Waals surface area (Å²) in [7, 11) is 0. The van der Waals surface area contributed by atoms with Gasteiger partial charge in [-0.05, 0) is 32.4 Å². The molecule has 2 aromatic rings. The van der Waals surface area contributed by atoms with E-state index in [0.717, 1.165) is 16.5 Å². The van der Waals surface area contributed by atoms with Gasteiger partial charge >= 0.3 is 12.1 Å². The summed E-state index contributed by atoms with van der Waals surface area (Å²) in [5, 5.41) is 10.1. The Morgan fingerprint density at radius 2 is 1.96 bits per heavy atom. The second-order valence-corrected chi connectivity index (χ2v) is 7.91. The van der Waals surface area contributed by atoms with Crippen LogP contribution < -0.4 is 0 Å². The summed E-state index contributed by atoms with van der Waals surface area (Å²) in [5.41, 5.74) is 1.13. The highest BCUT2D eigenvalue weighted by atomic mass is 16.6. The quantitative estimate of drug-likeness (QED) is 0.838. The minimum Gasteiger partial charge on any atom is -0.480 e. The molecule has 2 heterocycles. The zero-order valence-electron chi connectivity index (χ0n) is 16.3. The Bertz CT molecular complexity index is 899. The standard InChI is InChI=1S/C20H25N3O5/c1-20(2,3)28-19(27)23-9-8-22(12-17(24)25)18(26)16(23)10-13-11-21-15-7-5-4-6-14(13)15/h4-7,11,16,21H,8-10,12H2,1-3H3,(H,24,25)/t16-/m1/s1. The van der Waals surface area contributed by atoms with Crippen LogP contribution in [0.25, 0.3) is 10.9 Å². The number of aromatic amines is 1. The number of para-hydroxylation sites is 1. The summed E-state index contributed by atoms with van der Waals surface area (Å²) in [6, 6.07) is 6.88. The van der Waals surface area contributed by atoms with Gasteiger partial charge in [0.15, 0.2) is 0 Å². The average molecular weight is 387 g/mol. The van der Waals surface area contributed by atoms with E-state index >= 15 is 0 Å². The summed E-state index contributed by atoms with van der Waals surface area (Å²) in [6.07, 6.45) is 1.53. The third-order valence-electron chi connectivity index (χ3n) is 4.63. The van der Waals surface area contributed by atoms with Gasteiger partial charge in [-0.25, -0.2) is 4.79 Å². The van der Waals surface area contributed by atoms with Crippen LogP contribution in [0, 0.1) is 0 Å². The third kappa shape index (κ3) is 4.27. The van der Waals surface area contributed by atoms with Gasteiger partial charge in [-0.2, -0.15) is 0 Å². The third-order valence-corrected chi connectivity index (χ3v) is 4.63. The number of ether oxygens (including phenoxy) is 1. The maximum absolute atomic E-state index is 13.0. The zero-order chi connectivity index (χ0) is 20.5. The number of fused-ring (bicyclic) bond motifs is 1. The van der Waals surface area contributed by atoms with Gasteiger partial charge in [-0.3, -0.25) is 14.5 Å². The van der Waals surface area contributed by atoms with Gasteiger partial charge in [0.05, 0.1) is 0 Å². The van der Waals surface area contributed by atoms with E-state index in [2.05, 4.69) is 4.98 Å². The number of benzene rings is 1. The number of piperazine rings is 1. The second kappa shape index (κ2) is 7.53. The molecule has 2 amide bonds. The second-order valence-electron chi connectivity index (χ2n) is 7.91. The van der Waals surface area contributed by atoms with E-state index in [4.69, 9.17) is 9.84 Å². The normalized spacial score (nSPS) is 17.8. The molecule has 28 heavy (non-hydrogen) atoms.